The van der Waals surface area contributed by atoms with Gasteiger partial charge in [-0.25, -0.2) is 18.7 Å². The van der Waals surface area contributed by atoms with Crippen LogP contribution in [0.2, 0.25) is 5.02 Å². The molecule has 0 aliphatic carbocycles. The summed E-state index contributed by atoms with van der Waals surface area (Å²) in [6.07, 6.45) is 4.29. The Morgan fingerprint density at radius 3 is 2.69 bits per heavy atom. The molecule has 0 radical (unpaired) electrons. The fourth-order valence-electron chi connectivity index (χ4n) is 3.43. The van der Waals surface area contributed by atoms with E-state index >= 15 is 0 Å². The van der Waals surface area contributed by atoms with Crippen LogP contribution in [0.1, 0.15) is 24.4 Å². The summed E-state index contributed by atoms with van der Waals surface area (Å²) in [5.41, 5.74) is 0.481. The summed E-state index contributed by atoms with van der Waals surface area (Å²) in [7, 11) is 0. The molecule has 2 aromatic carbocycles. The van der Waals surface area contributed by atoms with Crippen LogP contribution in [0.5, 0.6) is 0 Å². The van der Waals surface area contributed by atoms with Gasteiger partial charge in [0.15, 0.2) is 0 Å². The van der Waals surface area contributed by atoms with Crippen LogP contribution in [0.15, 0.2) is 60.2 Å². The van der Waals surface area contributed by atoms with Gasteiger partial charge in [0.1, 0.15) is 24.3 Å². The van der Waals surface area contributed by atoms with E-state index in [9.17, 15) is 13.6 Å². The third-order valence-electron chi connectivity index (χ3n) is 4.98. The molecule has 0 fully saturated rings. The molecule has 4 rings (SSSR count). The van der Waals surface area contributed by atoms with E-state index in [4.69, 9.17) is 11.6 Å². The van der Waals surface area contributed by atoms with E-state index in [1.165, 1.54) is 35.7 Å². The van der Waals surface area contributed by atoms with Gasteiger partial charge < -0.3 is 0 Å². The molecule has 0 bridgehead atoms. The smallest absolute Gasteiger partial charge is 0.261 e. The molecule has 2 unspecified atom stereocenters. The number of rotatable bonds is 5. The summed E-state index contributed by atoms with van der Waals surface area (Å²) in [6, 6.07) is 7.76. The normalized spacial score (nSPS) is 13.5. The van der Waals surface area contributed by atoms with E-state index in [1.807, 2.05) is 0 Å². The van der Waals surface area contributed by atoms with E-state index in [0.29, 0.717) is 15.9 Å². The van der Waals surface area contributed by atoms with Crippen molar-refractivity contribution < 1.29 is 8.78 Å². The molecular weight excluding hydrogens is 400 g/mol. The second-order valence-corrected chi connectivity index (χ2v) is 7.19. The first-order valence-corrected chi connectivity index (χ1v) is 9.25. The number of halogens is 3. The highest BCUT2D eigenvalue weighted by Crippen LogP contribution is 2.31. The zero-order valence-electron chi connectivity index (χ0n) is 15.3. The van der Waals surface area contributed by atoms with Gasteiger partial charge in [0.25, 0.3) is 5.56 Å². The molecule has 0 aliphatic heterocycles. The molecule has 2 heterocycles. The number of fused-ring (bicyclic) bond motifs is 1. The second kappa shape index (κ2) is 7.71. The standard InChI is InChI=1S/C20H16ClF2N5O/c1-12(28-11-25-19-6-13(21)2-4-16(19)20(28)29)17(8-27-10-24-9-26-27)15-5-3-14(22)7-18(15)23/h2-7,9-12,17H,8H2,1H3. The fourth-order valence-corrected chi connectivity index (χ4v) is 3.60. The van der Waals surface area contributed by atoms with Gasteiger partial charge in [-0.2, -0.15) is 5.10 Å². The fraction of sp³-hybridized carbons (Fsp3) is 0.200. The van der Waals surface area contributed by atoms with Gasteiger partial charge in [-0.3, -0.25) is 14.0 Å². The first-order valence-electron chi connectivity index (χ1n) is 8.88. The van der Waals surface area contributed by atoms with Crippen molar-refractivity contribution in [2.24, 2.45) is 0 Å². The van der Waals surface area contributed by atoms with Crippen LogP contribution in [0.3, 0.4) is 0 Å². The first kappa shape index (κ1) is 19.2. The Bertz CT molecular complexity index is 1230. The van der Waals surface area contributed by atoms with Gasteiger partial charge in [-0.05, 0) is 36.8 Å². The van der Waals surface area contributed by atoms with Crippen molar-refractivity contribution in [3.63, 3.8) is 0 Å². The molecule has 2 atom stereocenters. The average Bonchev–Trinajstić information content (AvgIpc) is 3.19. The van der Waals surface area contributed by atoms with E-state index in [1.54, 1.807) is 29.8 Å². The van der Waals surface area contributed by atoms with E-state index in [0.717, 1.165) is 6.07 Å². The SMILES string of the molecule is CC(C(Cn1cncn1)c1ccc(F)cc1F)n1cnc2cc(Cl)ccc2c1=O. The van der Waals surface area contributed by atoms with E-state index < -0.39 is 23.6 Å². The minimum absolute atomic E-state index is 0.245. The predicted molar refractivity (Wildman–Crippen MR) is 105 cm³/mol. The number of hydrogen-bond donors (Lipinski definition) is 0. The Morgan fingerprint density at radius 1 is 1.14 bits per heavy atom. The highest BCUT2D eigenvalue weighted by atomic mass is 35.5. The molecule has 6 nitrogen and oxygen atoms in total. The van der Waals surface area contributed by atoms with Crippen LogP contribution < -0.4 is 5.56 Å². The topological polar surface area (TPSA) is 65.6 Å². The van der Waals surface area contributed by atoms with Gasteiger partial charge in [0.2, 0.25) is 0 Å². The Hall–Kier alpha value is -3.13. The molecule has 148 valence electrons. The third-order valence-corrected chi connectivity index (χ3v) is 5.21. The molecular formula is C20H16ClF2N5O. The van der Waals surface area contributed by atoms with Gasteiger partial charge in [-0.15, -0.1) is 0 Å². The lowest BCUT2D eigenvalue weighted by Gasteiger charge is -2.26. The van der Waals surface area contributed by atoms with Crippen LogP contribution in [0.25, 0.3) is 10.9 Å². The highest BCUT2D eigenvalue weighted by Gasteiger charge is 2.26. The Kier molecular flexibility index (Phi) is 5.10. The largest absolute Gasteiger partial charge is 0.295 e. The van der Waals surface area contributed by atoms with Crippen molar-refractivity contribution in [1.82, 2.24) is 24.3 Å². The van der Waals surface area contributed by atoms with Crippen molar-refractivity contribution in [1.29, 1.82) is 0 Å². The minimum atomic E-state index is -0.685. The third kappa shape index (κ3) is 3.75. The zero-order chi connectivity index (χ0) is 20.5. The Labute approximate surface area is 169 Å². The molecule has 0 saturated carbocycles. The quantitative estimate of drug-likeness (QED) is 0.495. The first-order chi connectivity index (χ1) is 13.9. The molecule has 0 saturated heterocycles. The number of nitrogens with zero attached hydrogens (tertiary/aromatic N) is 5. The second-order valence-electron chi connectivity index (χ2n) is 6.75. The predicted octanol–water partition coefficient (Wildman–Crippen LogP) is 3.96. The lowest BCUT2D eigenvalue weighted by molar-refractivity contribution is 0.364. The number of benzene rings is 2. The van der Waals surface area contributed by atoms with Crippen LogP contribution in [0.4, 0.5) is 8.78 Å². The van der Waals surface area contributed by atoms with Crippen LogP contribution in [0, 0.1) is 11.6 Å². The molecule has 0 spiro atoms. The molecule has 0 N–H and O–H groups in total. The average molecular weight is 416 g/mol. The van der Waals surface area contributed by atoms with Crippen molar-refractivity contribution in [2.45, 2.75) is 25.4 Å². The summed E-state index contributed by atoms with van der Waals surface area (Å²) in [5, 5.41) is 4.96. The molecule has 0 aliphatic rings. The Morgan fingerprint density at radius 2 is 1.97 bits per heavy atom. The summed E-state index contributed by atoms with van der Waals surface area (Å²) in [4.78, 5) is 21.3. The monoisotopic (exact) mass is 415 g/mol. The van der Waals surface area contributed by atoms with Gasteiger partial charge in [0, 0.05) is 23.0 Å². The molecule has 9 heteroatoms. The van der Waals surface area contributed by atoms with Crippen LogP contribution in [-0.4, -0.2) is 24.3 Å². The zero-order valence-corrected chi connectivity index (χ0v) is 16.1. The van der Waals surface area contributed by atoms with Crippen molar-refractivity contribution in [3.05, 3.63) is 88.0 Å². The van der Waals surface area contributed by atoms with Crippen LogP contribution in [-0.2, 0) is 6.54 Å². The summed E-state index contributed by atoms with van der Waals surface area (Å²) >= 11 is 5.98. The molecule has 0 amide bonds. The van der Waals surface area contributed by atoms with Gasteiger partial charge in [-0.1, -0.05) is 17.7 Å². The van der Waals surface area contributed by atoms with Crippen LogP contribution >= 0.6 is 11.6 Å². The number of aromatic nitrogens is 5. The van der Waals surface area contributed by atoms with Crippen molar-refractivity contribution in [3.8, 4) is 0 Å². The maximum Gasteiger partial charge on any atom is 0.261 e. The minimum Gasteiger partial charge on any atom is -0.295 e. The summed E-state index contributed by atoms with van der Waals surface area (Å²) < 4.78 is 31.0. The Balaban J connectivity index is 1.81. The lowest BCUT2D eigenvalue weighted by atomic mass is 9.91. The lowest BCUT2D eigenvalue weighted by Crippen LogP contribution is -2.30. The van der Waals surface area contributed by atoms with Gasteiger partial charge in [0.05, 0.1) is 23.8 Å². The molecule has 29 heavy (non-hydrogen) atoms. The molecule has 4 aromatic rings. The maximum absolute atomic E-state index is 14.6. The highest BCUT2D eigenvalue weighted by molar-refractivity contribution is 6.31. The molecule has 2 aromatic heterocycles. The number of hydrogen-bond acceptors (Lipinski definition) is 4. The summed E-state index contributed by atoms with van der Waals surface area (Å²) in [5.74, 6) is -1.88. The maximum atomic E-state index is 14.6. The van der Waals surface area contributed by atoms with E-state index in [2.05, 4.69) is 15.1 Å². The van der Waals surface area contributed by atoms with Crippen molar-refractivity contribution in [2.75, 3.05) is 0 Å². The van der Waals surface area contributed by atoms with E-state index in [-0.39, 0.29) is 17.7 Å². The van der Waals surface area contributed by atoms with Gasteiger partial charge >= 0.3 is 0 Å². The summed E-state index contributed by atoms with van der Waals surface area (Å²) in [6.45, 7) is 2.03. The van der Waals surface area contributed by atoms with Crippen molar-refractivity contribution >= 4 is 22.5 Å².